The van der Waals surface area contributed by atoms with Crippen molar-refractivity contribution in [2.75, 3.05) is 13.2 Å². The van der Waals surface area contributed by atoms with Crippen molar-refractivity contribution < 1.29 is 19.1 Å². The fourth-order valence-electron chi connectivity index (χ4n) is 3.34. The van der Waals surface area contributed by atoms with Gasteiger partial charge in [0.2, 0.25) is 5.91 Å². The molecule has 3 rings (SSSR count). The minimum absolute atomic E-state index is 0.145. The summed E-state index contributed by atoms with van der Waals surface area (Å²) in [7, 11) is 0. The van der Waals surface area contributed by atoms with Crippen LogP contribution < -0.4 is 0 Å². The molecular formula is C23H27NO4. The van der Waals surface area contributed by atoms with Gasteiger partial charge in [-0.3, -0.25) is 4.79 Å². The monoisotopic (exact) mass is 381 g/mol. The number of nitrogens with zero attached hydrogens (tertiary/aromatic N) is 1. The molecule has 1 fully saturated rings. The molecule has 0 bridgehead atoms. The highest BCUT2D eigenvalue weighted by molar-refractivity contribution is 5.93. The molecule has 2 aromatic rings. The average Bonchev–Trinajstić information content (AvgIpc) is 3.08. The molecule has 28 heavy (non-hydrogen) atoms. The van der Waals surface area contributed by atoms with Gasteiger partial charge in [-0.05, 0) is 30.4 Å². The van der Waals surface area contributed by atoms with Gasteiger partial charge in [0.15, 0.2) is 0 Å². The molecule has 1 aliphatic heterocycles. The van der Waals surface area contributed by atoms with E-state index in [1.165, 1.54) is 4.90 Å². The molecule has 5 nitrogen and oxygen atoms in total. The quantitative estimate of drug-likeness (QED) is 0.574. The normalized spacial score (nSPS) is 16.2. The third-order valence-corrected chi connectivity index (χ3v) is 4.83. The number of carbonyl (C=O) groups excluding carboxylic acids is 2. The lowest BCUT2D eigenvalue weighted by Gasteiger charge is -2.19. The molecule has 1 atom stereocenters. The lowest BCUT2D eigenvalue weighted by Crippen LogP contribution is -2.40. The topological polar surface area (TPSA) is 55.8 Å². The molecule has 0 radical (unpaired) electrons. The van der Waals surface area contributed by atoms with Gasteiger partial charge in [-0.15, -0.1) is 0 Å². The van der Waals surface area contributed by atoms with Gasteiger partial charge >= 0.3 is 6.09 Å². The fourth-order valence-corrected chi connectivity index (χ4v) is 3.34. The Balaban J connectivity index is 1.34. The van der Waals surface area contributed by atoms with Crippen LogP contribution in [0.4, 0.5) is 4.79 Å². The Kier molecular flexibility index (Phi) is 7.62. The van der Waals surface area contributed by atoms with E-state index in [1.54, 1.807) is 0 Å². The minimum Gasteiger partial charge on any atom is -0.447 e. The van der Waals surface area contributed by atoms with Gasteiger partial charge in [0.1, 0.15) is 6.61 Å². The molecule has 2 aromatic carbocycles. The number of imide groups is 1. The predicted molar refractivity (Wildman–Crippen MR) is 107 cm³/mol. The third-order valence-electron chi connectivity index (χ3n) is 4.83. The summed E-state index contributed by atoms with van der Waals surface area (Å²) in [5.74, 6) is -0.145. The second-order valence-corrected chi connectivity index (χ2v) is 7.03. The molecule has 2 amide bonds. The second-order valence-electron chi connectivity index (χ2n) is 7.03. The molecule has 148 valence electrons. The van der Waals surface area contributed by atoms with Crippen LogP contribution in [0.3, 0.4) is 0 Å². The molecule has 0 spiro atoms. The Labute approximate surface area is 166 Å². The molecule has 1 saturated heterocycles. The van der Waals surface area contributed by atoms with E-state index in [1.807, 2.05) is 60.7 Å². The zero-order chi connectivity index (χ0) is 19.6. The number of hydrogen-bond acceptors (Lipinski definition) is 4. The van der Waals surface area contributed by atoms with E-state index in [9.17, 15) is 9.59 Å². The number of rotatable bonds is 10. The summed E-state index contributed by atoms with van der Waals surface area (Å²) >= 11 is 0. The predicted octanol–water partition coefficient (Wildman–Crippen LogP) is 4.35. The Morgan fingerprint density at radius 2 is 1.64 bits per heavy atom. The SMILES string of the molecule is O=C(CCCCCOCc1ccccc1)N1C(=O)OCC1Cc1ccccc1. The summed E-state index contributed by atoms with van der Waals surface area (Å²) in [6.45, 7) is 1.55. The molecule has 0 N–H and O–H groups in total. The standard InChI is InChI=1S/C23H27NO4/c25-22(14-8-3-9-15-27-17-20-12-6-2-7-13-20)24-21(18-28-23(24)26)16-19-10-4-1-5-11-19/h1-2,4-7,10-13,21H,3,8-9,14-18H2. The van der Waals surface area contributed by atoms with E-state index in [-0.39, 0.29) is 18.6 Å². The number of benzene rings is 2. The summed E-state index contributed by atoms with van der Waals surface area (Å²) in [4.78, 5) is 25.8. The number of ether oxygens (including phenoxy) is 2. The molecule has 0 aliphatic carbocycles. The first-order valence-corrected chi connectivity index (χ1v) is 9.88. The molecule has 0 saturated carbocycles. The molecule has 1 aliphatic rings. The van der Waals surface area contributed by atoms with Gasteiger partial charge in [0, 0.05) is 13.0 Å². The van der Waals surface area contributed by atoms with Crippen LogP contribution in [0.5, 0.6) is 0 Å². The average molecular weight is 381 g/mol. The summed E-state index contributed by atoms with van der Waals surface area (Å²) in [5, 5.41) is 0. The summed E-state index contributed by atoms with van der Waals surface area (Å²) in [6, 6.07) is 19.7. The van der Waals surface area contributed by atoms with E-state index < -0.39 is 6.09 Å². The van der Waals surface area contributed by atoms with E-state index in [0.717, 1.165) is 30.4 Å². The first-order valence-electron chi connectivity index (χ1n) is 9.88. The van der Waals surface area contributed by atoms with Crippen molar-refractivity contribution in [3.8, 4) is 0 Å². The van der Waals surface area contributed by atoms with Crippen molar-refractivity contribution in [2.45, 2.75) is 44.8 Å². The zero-order valence-electron chi connectivity index (χ0n) is 16.1. The van der Waals surface area contributed by atoms with Crippen LogP contribution in [-0.4, -0.2) is 36.2 Å². The Hall–Kier alpha value is -2.66. The van der Waals surface area contributed by atoms with Gasteiger partial charge in [0.05, 0.1) is 12.6 Å². The maximum Gasteiger partial charge on any atom is 0.416 e. The first-order chi connectivity index (χ1) is 13.7. The fraction of sp³-hybridized carbons (Fsp3) is 0.391. The summed E-state index contributed by atoms with van der Waals surface area (Å²) in [6.07, 6.45) is 3.02. The summed E-state index contributed by atoms with van der Waals surface area (Å²) < 4.78 is 10.8. The minimum atomic E-state index is -0.517. The lowest BCUT2D eigenvalue weighted by atomic mass is 10.1. The smallest absolute Gasteiger partial charge is 0.416 e. The maximum absolute atomic E-state index is 12.5. The van der Waals surface area contributed by atoms with Crippen LogP contribution in [0.15, 0.2) is 60.7 Å². The number of carbonyl (C=O) groups is 2. The van der Waals surface area contributed by atoms with Crippen molar-refractivity contribution >= 4 is 12.0 Å². The largest absolute Gasteiger partial charge is 0.447 e. The van der Waals surface area contributed by atoms with Crippen LogP contribution in [0.2, 0.25) is 0 Å². The van der Waals surface area contributed by atoms with Crippen molar-refractivity contribution in [1.29, 1.82) is 0 Å². The van der Waals surface area contributed by atoms with Gasteiger partial charge in [-0.2, -0.15) is 0 Å². The van der Waals surface area contributed by atoms with Crippen molar-refractivity contribution in [3.63, 3.8) is 0 Å². The Morgan fingerprint density at radius 3 is 2.36 bits per heavy atom. The van der Waals surface area contributed by atoms with Gasteiger partial charge < -0.3 is 9.47 Å². The van der Waals surface area contributed by atoms with Crippen molar-refractivity contribution in [2.24, 2.45) is 0 Å². The van der Waals surface area contributed by atoms with Gasteiger partial charge in [0.25, 0.3) is 0 Å². The second kappa shape index (κ2) is 10.6. The number of unbranched alkanes of at least 4 members (excludes halogenated alkanes) is 2. The highest BCUT2D eigenvalue weighted by Gasteiger charge is 2.37. The third kappa shape index (κ3) is 5.92. The zero-order valence-corrected chi connectivity index (χ0v) is 16.1. The van der Waals surface area contributed by atoms with E-state index >= 15 is 0 Å². The summed E-state index contributed by atoms with van der Waals surface area (Å²) in [5.41, 5.74) is 2.26. The number of hydrogen-bond donors (Lipinski definition) is 0. The van der Waals surface area contributed by atoms with Gasteiger partial charge in [-0.25, -0.2) is 9.69 Å². The molecule has 0 aromatic heterocycles. The molecular weight excluding hydrogens is 354 g/mol. The number of amides is 2. The van der Waals surface area contributed by atoms with Crippen LogP contribution in [0, 0.1) is 0 Å². The van der Waals surface area contributed by atoms with Crippen LogP contribution >= 0.6 is 0 Å². The van der Waals surface area contributed by atoms with Crippen LogP contribution in [-0.2, 0) is 27.3 Å². The number of cyclic esters (lactones) is 1. The highest BCUT2D eigenvalue weighted by Crippen LogP contribution is 2.19. The molecule has 1 heterocycles. The van der Waals surface area contributed by atoms with E-state index in [4.69, 9.17) is 9.47 Å². The van der Waals surface area contributed by atoms with E-state index in [0.29, 0.717) is 26.1 Å². The van der Waals surface area contributed by atoms with Crippen molar-refractivity contribution in [3.05, 3.63) is 71.8 Å². The van der Waals surface area contributed by atoms with Crippen LogP contribution in [0.25, 0.3) is 0 Å². The van der Waals surface area contributed by atoms with Crippen molar-refractivity contribution in [1.82, 2.24) is 4.90 Å². The molecule has 1 unspecified atom stereocenters. The lowest BCUT2D eigenvalue weighted by molar-refractivity contribution is -0.129. The Bertz CT molecular complexity index is 748. The van der Waals surface area contributed by atoms with Crippen LogP contribution in [0.1, 0.15) is 36.8 Å². The maximum atomic E-state index is 12.5. The van der Waals surface area contributed by atoms with E-state index in [2.05, 4.69) is 0 Å². The first kappa shape index (κ1) is 20.1. The Morgan fingerprint density at radius 1 is 0.964 bits per heavy atom. The molecule has 5 heteroatoms. The highest BCUT2D eigenvalue weighted by atomic mass is 16.6. The van der Waals surface area contributed by atoms with Gasteiger partial charge in [-0.1, -0.05) is 67.1 Å².